The second kappa shape index (κ2) is 7.76. The van der Waals surface area contributed by atoms with Crippen molar-refractivity contribution in [3.8, 4) is 0 Å². The van der Waals surface area contributed by atoms with E-state index in [4.69, 9.17) is 11.6 Å². The Labute approximate surface area is 163 Å². The summed E-state index contributed by atoms with van der Waals surface area (Å²) in [5, 5.41) is 0.230. The van der Waals surface area contributed by atoms with E-state index >= 15 is 0 Å². The van der Waals surface area contributed by atoms with Gasteiger partial charge in [-0.2, -0.15) is 22.0 Å². The summed E-state index contributed by atoms with van der Waals surface area (Å²) in [4.78, 5) is 0. The Balaban J connectivity index is 2.47. The van der Waals surface area contributed by atoms with Gasteiger partial charge in [0.1, 0.15) is 0 Å². The van der Waals surface area contributed by atoms with E-state index in [2.05, 4.69) is 0 Å². The average molecular weight is 409 g/mol. The predicted molar refractivity (Wildman–Crippen MR) is 101 cm³/mol. The van der Waals surface area contributed by atoms with E-state index in [0.717, 1.165) is 0 Å². The minimum Gasteiger partial charge on any atom is -0.191 e. The molecule has 0 aliphatic rings. The van der Waals surface area contributed by atoms with Crippen LogP contribution in [0.5, 0.6) is 0 Å². The number of benzene rings is 3. The zero-order valence-electron chi connectivity index (χ0n) is 14.4. The highest BCUT2D eigenvalue weighted by Gasteiger charge is 2.61. The molecule has 0 saturated carbocycles. The van der Waals surface area contributed by atoms with E-state index in [1.165, 1.54) is 60.7 Å². The average Bonchev–Trinajstić information content (AvgIpc) is 2.66. The van der Waals surface area contributed by atoms with Gasteiger partial charge in [0.25, 0.3) is 0 Å². The van der Waals surface area contributed by atoms with Crippen molar-refractivity contribution in [1.29, 1.82) is 0 Å². The molecule has 6 heteroatoms. The molecule has 0 N–H and O–H groups in total. The second-order valence-electron chi connectivity index (χ2n) is 6.06. The largest absolute Gasteiger partial charge is 0.458 e. The summed E-state index contributed by atoms with van der Waals surface area (Å²) in [6, 6.07) is 20.5. The first-order valence-corrected chi connectivity index (χ1v) is 8.65. The minimum absolute atomic E-state index is 0.168. The lowest BCUT2D eigenvalue weighted by Crippen LogP contribution is -2.38. The summed E-state index contributed by atoms with van der Waals surface area (Å²) < 4.78 is 69.9. The topological polar surface area (TPSA) is 0 Å². The van der Waals surface area contributed by atoms with E-state index < -0.39 is 17.7 Å². The summed E-state index contributed by atoms with van der Waals surface area (Å²) in [5.41, 5.74) is -1.16. The van der Waals surface area contributed by atoms with Gasteiger partial charge in [0.15, 0.2) is 0 Å². The highest BCUT2D eigenvalue weighted by Crippen LogP contribution is 2.49. The molecule has 0 radical (unpaired) electrons. The summed E-state index contributed by atoms with van der Waals surface area (Å²) in [7, 11) is 0. The Morgan fingerprint density at radius 3 is 1.61 bits per heavy atom. The molecule has 28 heavy (non-hydrogen) atoms. The number of hydrogen-bond donors (Lipinski definition) is 0. The van der Waals surface area contributed by atoms with Gasteiger partial charge in [0.2, 0.25) is 0 Å². The molecule has 144 valence electrons. The molecule has 3 aromatic rings. The molecule has 0 amide bonds. The van der Waals surface area contributed by atoms with Crippen LogP contribution in [0.2, 0.25) is 5.02 Å². The van der Waals surface area contributed by atoms with E-state index in [-0.39, 0.29) is 27.3 Å². The zero-order valence-corrected chi connectivity index (χ0v) is 15.1. The van der Waals surface area contributed by atoms with Crippen LogP contribution in [0.4, 0.5) is 22.0 Å². The van der Waals surface area contributed by atoms with Crippen molar-refractivity contribution in [1.82, 2.24) is 0 Å². The molecular formula is C22H14ClF5. The minimum atomic E-state index is -5.77. The Kier molecular flexibility index (Phi) is 5.57. The standard InChI is InChI=1S/C22H14ClF5/c23-18-13-7-12-17(14-18)19(15-8-3-1-4-9-15)20(16-10-5-2-6-11-16)21(24,25)22(26,27)28/h1-14H/b20-19-. The maximum Gasteiger partial charge on any atom is 0.458 e. The van der Waals surface area contributed by atoms with Crippen molar-refractivity contribution in [2.24, 2.45) is 0 Å². The van der Waals surface area contributed by atoms with Crippen LogP contribution < -0.4 is 0 Å². The molecule has 0 saturated heterocycles. The van der Waals surface area contributed by atoms with Crippen LogP contribution in [0, 0.1) is 0 Å². The lowest BCUT2D eigenvalue weighted by molar-refractivity contribution is -0.253. The monoisotopic (exact) mass is 408 g/mol. The number of rotatable bonds is 4. The fourth-order valence-electron chi connectivity index (χ4n) is 2.93. The lowest BCUT2D eigenvalue weighted by atomic mass is 9.86. The van der Waals surface area contributed by atoms with Gasteiger partial charge >= 0.3 is 12.1 Å². The van der Waals surface area contributed by atoms with Crippen LogP contribution in [-0.2, 0) is 0 Å². The van der Waals surface area contributed by atoms with Crippen LogP contribution in [0.25, 0.3) is 11.1 Å². The molecule has 0 atom stereocenters. The summed E-state index contributed by atoms with van der Waals surface area (Å²) in [6.07, 6.45) is -5.77. The summed E-state index contributed by atoms with van der Waals surface area (Å²) in [6.45, 7) is 0. The van der Waals surface area contributed by atoms with Gasteiger partial charge in [-0.1, -0.05) is 84.4 Å². The van der Waals surface area contributed by atoms with Crippen molar-refractivity contribution >= 4 is 22.7 Å². The number of hydrogen-bond acceptors (Lipinski definition) is 0. The normalized spacial score (nSPS) is 13.2. The van der Waals surface area contributed by atoms with Gasteiger partial charge in [-0.25, -0.2) is 0 Å². The first-order valence-electron chi connectivity index (χ1n) is 8.28. The molecule has 0 aliphatic carbocycles. The molecule has 0 fully saturated rings. The van der Waals surface area contributed by atoms with Gasteiger partial charge in [-0.15, -0.1) is 0 Å². The molecule has 0 spiro atoms. The quantitative estimate of drug-likeness (QED) is 0.310. The zero-order chi connectivity index (χ0) is 20.4. The molecule has 0 heterocycles. The van der Waals surface area contributed by atoms with Gasteiger partial charge in [0.05, 0.1) is 0 Å². The van der Waals surface area contributed by atoms with Crippen LogP contribution in [0.3, 0.4) is 0 Å². The Hall–Kier alpha value is -2.66. The van der Waals surface area contributed by atoms with Crippen molar-refractivity contribution in [3.63, 3.8) is 0 Å². The number of halogens is 6. The summed E-state index contributed by atoms with van der Waals surface area (Å²) >= 11 is 6.00. The van der Waals surface area contributed by atoms with Crippen LogP contribution in [0.15, 0.2) is 84.9 Å². The van der Waals surface area contributed by atoms with Crippen molar-refractivity contribution < 1.29 is 22.0 Å². The van der Waals surface area contributed by atoms with Crippen LogP contribution in [-0.4, -0.2) is 12.1 Å². The van der Waals surface area contributed by atoms with Gasteiger partial charge in [0, 0.05) is 10.6 Å². The fraction of sp³-hybridized carbons (Fsp3) is 0.0909. The Bertz CT molecular complexity index is 977. The molecule has 3 rings (SSSR count). The van der Waals surface area contributed by atoms with Crippen LogP contribution >= 0.6 is 11.6 Å². The summed E-state index contributed by atoms with van der Waals surface area (Å²) in [5.74, 6) is -5.08. The third kappa shape index (κ3) is 3.94. The molecule has 0 aliphatic heterocycles. The fourth-order valence-corrected chi connectivity index (χ4v) is 3.12. The maximum absolute atomic E-state index is 14.8. The highest BCUT2D eigenvalue weighted by atomic mass is 35.5. The Morgan fingerprint density at radius 1 is 0.607 bits per heavy atom. The van der Waals surface area contributed by atoms with Crippen LogP contribution in [0.1, 0.15) is 16.7 Å². The molecule has 3 aromatic carbocycles. The number of allylic oxidation sites excluding steroid dienone is 1. The van der Waals surface area contributed by atoms with Gasteiger partial charge in [-0.05, 0) is 34.4 Å². The smallest absolute Gasteiger partial charge is 0.191 e. The van der Waals surface area contributed by atoms with Crippen molar-refractivity contribution in [2.45, 2.75) is 12.1 Å². The van der Waals surface area contributed by atoms with E-state index in [9.17, 15) is 22.0 Å². The molecule has 0 nitrogen and oxygen atoms in total. The first-order chi connectivity index (χ1) is 13.2. The van der Waals surface area contributed by atoms with E-state index in [0.29, 0.717) is 0 Å². The second-order valence-corrected chi connectivity index (χ2v) is 6.50. The predicted octanol–water partition coefficient (Wildman–Crippen LogP) is 7.50. The maximum atomic E-state index is 14.8. The third-order valence-electron chi connectivity index (χ3n) is 4.16. The van der Waals surface area contributed by atoms with Gasteiger partial charge in [-0.3, -0.25) is 0 Å². The van der Waals surface area contributed by atoms with Crippen molar-refractivity contribution in [3.05, 3.63) is 107 Å². The van der Waals surface area contributed by atoms with E-state index in [1.807, 2.05) is 0 Å². The highest BCUT2D eigenvalue weighted by molar-refractivity contribution is 6.30. The Morgan fingerprint density at radius 2 is 1.11 bits per heavy atom. The third-order valence-corrected chi connectivity index (χ3v) is 4.39. The lowest BCUT2D eigenvalue weighted by Gasteiger charge is -2.26. The molecule has 0 unspecified atom stereocenters. The van der Waals surface area contributed by atoms with Crippen molar-refractivity contribution in [2.75, 3.05) is 0 Å². The molecule has 0 bridgehead atoms. The van der Waals surface area contributed by atoms with E-state index in [1.54, 1.807) is 24.3 Å². The molecular weight excluding hydrogens is 395 g/mol. The van der Waals surface area contributed by atoms with Gasteiger partial charge < -0.3 is 0 Å². The number of alkyl halides is 5. The first kappa shape index (κ1) is 20.1. The molecule has 0 aromatic heterocycles. The SMILES string of the molecule is FC(F)(F)C(F)(F)/C(=C(/c1ccccc1)c1cccc(Cl)c1)c1ccccc1.